The normalized spacial score (nSPS) is 53.8. The van der Waals surface area contributed by atoms with Crippen molar-refractivity contribution in [2.45, 2.75) is 51.4 Å². The summed E-state index contributed by atoms with van der Waals surface area (Å²) >= 11 is 0. The summed E-state index contributed by atoms with van der Waals surface area (Å²) in [6.45, 7) is 0. The van der Waals surface area contributed by atoms with Gasteiger partial charge in [0.05, 0.1) is 0 Å². The lowest BCUT2D eigenvalue weighted by molar-refractivity contribution is 0.00700. The van der Waals surface area contributed by atoms with Gasteiger partial charge in [-0.1, -0.05) is 42.5 Å². The Labute approximate surface area is 158 Å². The Morgan fingerprint density at radius 3 is 1.88 bits per heavy atom. The molecule has 1 nitrogen and oxygen atoms in total. The third kappa shape index (κ3) is 1.83. The highest BCUT2D eigenvalue weighted by Gasteiger charge is 2.70. The first-order chi connectivity index (χ1) is 12.8. The molecule has 6 rings (SSSR count). The molecule has 26 heavy (non-hydrogen) atoms. The highest BCUT2D eigenvalue weighted by molar-refractivity contribution is 5.31. The Morgan fingerprint density at radius 2 is 1.27 bits per heavy atom. The molecule has 0 amide bonds. The van der Waals surface area contributed by atoms with Crippen LogP contribution in [0.5, 0.6) is 0 Å². The molecule has 0 aromatic rings. The van der Waals surface area contributed by atoms with Crippen molar-refractivity contribution >= 4 is 0 Å². The van der Waals surface area contributed by atoms with Crippen molar-refractivity contribution in [3.05, 3.63) is 48.2 Å². The van der Waals surface area contributed by atoms with Crippen LogP contribution in [0.4, 0.5) is 0 Å². The van der Waals surface area contributed by atoms with Crippen LogP contribution < -0.4 is 5.73 Å². The van der Waals surface area contributed by atoms with Gasteiger partial charge in [0.1, 0.15) is 0 Å². The van der Waals surface area contributed by atoms with Gasteiger partial charge >= 0.3 is 0 Å². The second-order valence-electron chi connectivity index (χ2n) is 10.0. The molecule has 1 spiro atoms. The molecule has 2 saturated carbocycles. The largest absolute Gasteiger partial charge is 0.402 e. The molecule has 2 N–H and O–H groups in total. The van der Waals surface area contributed by atoms with Crippen molar-refractivity contribution in [3.63, 3.8) is 0 Å². The minimum Gasteiger partial charge on any atom is -0.402 e. The maximum absolute atomic E-state index is 6.48. The molecule has 0 heterocycles. The third-order valence-corrected chi connectivity index (χ3v) is 9.47. The van der Waals surface area contributed by atoms with E-state index in [0.29, 0.717) is 5.41 Å². The molecule has 0 saturated heterocycles. The third-order valence-electron chi connectivity index (χ3n) is 9.47. The molecule has 0 aromatic heterocycles. The molecule has 6 aliphatic carbocycles. The SMILES string of the molecule is NC1=CC2C(CC1)C1C=CCCC1C21C2CCC=CC2C2C=CCCC21. The summed E-state index contributed by atoms with van der Waals surface area (Å²) in [6, 6.07) is 0. The van der Waals surface area contributed by atoms with E-state index in [4.69, 9.17) is 5.73 Å². The maximum atomic E-state index is 6.48. The fourth-order valence-corrected chi connectivity index (χ4v) is 9.02. The number of fused-ring (bicyclic) bond motifs is 10. The zero-order valence-electron chi connectivity index (χ0n) is 15.9. The lowest BCUT2D eigenvalue weighted by Crippen LogP contribution is -2.45. The molecule has 138 valence electrons. The van der Waals surface area contributed by atoms with Gasteiger partial charge in [-0.15, -0.1) is 0 Å². The maximum Gasteiger partial charge on any atom is 0.00432 e. The zero-order chi connectivity index (χ0) is 17.3. The number of rotatable bonds is 0. The summed E-state index contributed by atoms with van der Waals surface area (Å²) in [4.78, 5) is 0. The highest BCUT2D eigenvalue weighted by atomic mass is 14.7. The van der Waals surface area contributed by atoms with Crippen LogP contribution in [0.3, 0.4) is 0 Å². The fourth-order valence-electron chi connectivity index (χ4n) is 9.02. The van der Waals surface area contributed by atoms with E-state index in [2.05, 4.69) is 42.5 Å². The monoisotopic (exact) mass is 347 g/mol. The van der Waals surface area contributed by atoms with Gasteiger partial charge in [-0.2, -0.15) is 0 Å². The van der Waals surface area contributed by atoms with Crippen LogP contribution in [-0.2, 0) is 0 Å². The van der Waals surface area contributed by atoms with E-state index in [9.17, 15) is 0 Å². The van der Waals surface area contributed by atoms with Gasteiger partial charge in [0, 0.05) is 5.70 Å². The standard InChI is InChI=1S/C25H33N/c26-16-13-14-20-19-9-3-6-12-23(19)25(24(20)15-16)21-10-4-1-7-17(21)18-8-2-5-11-22(18)25/h1-3,7-9,15,17-24H,4-6,10-14,26H2. The van der Waals surface area contributed by atoms with Gasteiger partial charge < -0.3 is 5.73 Å². The number of nitrogens with two attached hydrogens (primary N) is 1. The van der Waals surface area contributed by atoms with Crippen LogP contribution in [0.15, 0.2) is 48.2 Å². The lowest BCUT2D eigenvalue weighted by atomic mass is 9.54. The van der Waals surface area contributed by atoms with Crippen molar-refractivity contribution in [2.24, 2.45) is 58.5 Å². The molecule has 1 heteroatoms. The fraction of sp³-hybridized carbons (Fsp3) is 0.680. The summed E-state index contributed by atoms with van der Waals surface area (Å²) in [5, 5.41) is 0. The van der Waals surface area contributed by atoms with Crippen LogP contribution in [0.2, 0.25) is 0 Å². The molecule has 6 aliphatic rings. The van der Waals surface area contributed by atoms with Gasteiger partial charge in [0.2, 0.25) is 0 Å². The van der Waals surface area contributed by atoms with Gasteiger partial charge in [0.15, 0.2) is 0 Å². The summed E-state index contributed by atoms with van der Waals surface area (Å²) in [6.07, 6.45) is 28.7. The molecule has 8 atom stereocenters. The zero-order valence-corrected chi connectivity index (χ0v) is 15.9. The van der Waals surface area contributed by atoms with E-state index in [-0.39, 0.29) is 0 Å². The number of hydrogen-bond donors (Lipinski definition) is 1. The quantitative estimate of drug-likeness (QED) is 0.566. The summed E-state index contributed by atoms with van der Waals surface area (Å²) < 4.78 is 0. The molecule has 0 aromatic carbocycles. The van der Waals surface area contributed by atoms with E-state index in [0.717, 1.165) is 53.8 Å². The van der Waals surface area contributed by atoms with Crippen LogP contribution in [0.25, 0.3) is 0 Å². The topological polar surface area (TPSA) is 26.0 Å². The van der Waals surface area contributed by atoms with E-state index in [1.165, 1.54) is 50.6 Å². The van der Waals surface area contributed by atoms with E-state index >= 15 is 0 Å². The van der Waals surface area contributed by atoms with Crippen LogP contribution in [0.1, 0.15) is 51.4 Å². The van der Waals surface area contributed by atoms with Gasteiger partial charge in [-0.3, -0.25) is 0 Å². The van der Waals surface area contributed by atoms with Crippen molar-refractivity contribution in [3.8, 4) is 0 Å². The second-order valence-corrected chi connectivity index (χ2v) is 10.0. The van der Waals surface area contributed by atoms with E-state index in [1.54, 1.807) is 0 Å². The Hall–Kier alpha value is -1.24. The van der Waals surface area contributed by atoms with Crippen LogP contribution >= 0.6 is 0 Å². The number of hydrogen-bond acceptors (Lipinski definition) is 1. The molecule has 0 radical (unpaired) electrons. The minimum atomic E-state index is 0.524. The molecule has 2 fully saturated rings. The lowest BCUT2D eigenvalue weighted by Gasteiger charge is -2.49. The van der Waals surface area contributed by atoms with Gasteiger partial charge in [0.25, 0.3) is 0 Å². The van der Waals surface area contributed by atoms with E-state index < -0.39 is 0 Å². The predicted molar refractivity (Wildman–Crippen MR) is 107 cm³/mol. The first-order valence-corrected chi connectivity index (χ1v) is 11.3. The average molecular weight is 348 g/mol. The Balaban J connectivity index is 1.57. The van der Waals surface area contributed by atoms with Crippen molar-refractivity contribution in [1.29, 1.82) is 0 Å². The minimum absolute atomic E-state index is 0.524. The molecule has 0 aliphatic heterocycles. The van der Waals surface area contributed by atoms with Crippen molar-refractivity contribution in [2.75, 3.05) is 0 Å². The van der Waals surface area contributed by atoms with Crippen LogP contribution in [-0.4, -0.2) is 0 Å². The first kappa shape index (κ1) is 15.8. The molecule has 8 unspecified atom stereocenters. The van der Waals surface area contributed by atoms with Crippen molar-refractivity contribution < 1.29 is 0 Å². The number of allylic oxidation sites excluding steroid dienone is 8. The first-order valence-electron chi connectivity index (χ1n) is 11.3. The van der Waals surface area contributed by atoms with Gasteiger partial charge in [-0.25, -0.2) is 0 Å². The Kier molecular flexibility index (Phi) is 3.42. The van der Waals surface area contributed by atoms with Crippen LogP contribution in [0, 0.1) is 52.8 Å². The summed E-state index contributed by atoms with van der Waals surface area (Å²) in [5.74, 6) is 6.72. The smallest absolute Gasteiger partial charge is 0.00432 e. The molecule has 0 bridgehead atoms. The molecular weight excluding hydrogens is 314 g/mol. The average Bonchev–Trinajstić information content (AvgIpc) is 3.15. The van der Waals surface area contributed by atoms with Gasteiger partial charge in [-0.05, 0) is 104 Å². The second kappa shape index (κ2) is 5.63. The Morgan fingerprint density at radius 1 is 0.731 bits per heavy atom. The predicted octanol–water partition coefficient (Wildman–Crippen LogP) is 5.62. The Bertz CT molecular complexity index is 682. The highest BCUT2D eigenvalue weighted by Crippen LogP contribution is 2.75. The van der Waals surface area contributed by atoms with E-state index in [1.807, 2.05) is 0 Å². The summed E-state index contributed by atoms with van der Waals surface area (Å²) in [7, 11) is 0. The summed E-state index contributed by atoms with van der Waals surface area (Å²) in [5.41, 5.74) is 8.21. The molecular formula is C25H33N. The van der Waals surface area contributed by atoms with Crippen molar-refractivity contribution in [1.82, 2.24) is 0 Å².